The van der Waals surface area contributed by atoms with Crippen molar-refractivity contribution in [1.29, 1.82) is 0 Å². The van der Waals surface area contributed by atoms with Gasteiger partial charge in [-0.15, -0.1) is 0 Å². The Balaban J connectivity index is 2.20. The molecule has 2 aromatic rings. The van der Waals surface area contributed by atoms with Crippen LogP contribution in [0, 0.1) is 0 Å². The van der Waals surface area contributed by atoms with E-state index in [1.165, 1.54) is 0 Å². The Morgan fingerprint density at radius 2 is 2.29 bits per heavy atom. The summed E-state index contributed by atoms with van der Waals surface area (Å²) in [5.41, 5.74) is 2.07. The number of halogens is 1. The van der Waals surface area contributed by atoms with E-state index in [0.29, 0.717) is 0 Å². The molecule has 0 bridgehead atoms. The molecule has 5 heteroatoms. The number of pyridine rings is 1. The lowest BCUT2D eigenvalue weighted by Crippen LogP contribution is -2.20. The number of likely N-dealkylation sites (N-methyl/N-ethyl adjacent to an activating group) is 1. The average Bonchev–Trinajstić information content (AvgIpc) is 2.73. The number of rotatable bonds is 4. The summed E-state index contributed by atoms with van der Waals surface area (Å²) in [5.74, 6) is 0. The number of aryl methyl sites for hydroxylation is 1. The Kier molecular flexibility index (Phi) is 3.91. The molecule has 90 valence electrons. The monoisotopic (exact) mass is 294 g/mol. The first-order chi connectivity index (χ1) is 8.20. The Morgan fingerprint density at radius 1 is 1.47 bits per heavy atom. The van der Waals surface area contributed by atoms with Crippen LogP contribution < -0.4 is 5.32 Å². The smallest absolute Gasteiger partial charge is 0.0718 e. The number of nitrogens with one attached hydrogen (secondary N) is 1. The van der Waals surface area contributed by atoms with Gasteiger partial charge in [0, 0.05) is 30.3 Å². The van der Waals surface area contributed by atoms with Crippen molar-refractivity contribution in [1.82, 2.24) is 20.1 Å². The van der Waals surface area contributed by atoms with Crippen molar-refractivity contribution in [3.8, 4) is 0 Å². The van der Waals surface area contributed by atoms with Gasteiger partial charge in [0.2, 0.25) is 0 Å². The molecule has 0 amide bonds. The standard InChI is InChI=1S/C12H15BrN4/c1-14-11(8-9-5-7-17(2)16-9)12-10(13)4-3-6-15-12/h3-7,11,14H,8H2,1-2H3. The van der Waals surface area contributed by atoms with Crippen LogP contribution in [0.5, 0.6) is 0 Å². The molecule has 2 aromatic heterocycles. The molecule has 0 aliphatic heterocycles. The van der Waals surface area contributed by atoms with Crippen LogP contribution in [0.4, 0.5) is 0 Å². The Labute approximate surface area is 109 Å². The van der Waals surface area contributed by atoms with Crippen molar-refractivity contribution < 1.29 is 0 Å². The zero-order valence-corrected chi connectivity index (χ0v) is 11.5. The summed E-state index contributed by atoms with van der Waals surface area (Å²) in [6, 6.07) is 6.12. The van der Waals surface area contributed by atoms with Crippen LogP contribution in [0.2, 0.25) is 0 Å². The molecular formula is C12H15BrN4. The molecule has 4 nitrogen and oxygen atoms in total. The van der Waals surface area contributed by atoms with Crippen LogP contribution in [-0.4, -0.2) is 21.8 Å². The summed E-state index contributed by atoms with van der Waals surface area (Å²) >= 11 is 3.53. The Bertz CT molecular complexity index is 495. The van der Waals surface area contributed by atoms with Gasteiger partial charge in [-0.3, -0.25) is 9.67 Å². The summed E-state index contributed by atoms with van der Waals surface area (Å²) in [7, 11) is 3.86. The fraction of sp³-hybridized carbons (Fsp3) is 0.333. The van der Waals surface area contributed by atoms with Crippen LogP contribution >= 0.6 is 15.9 Å². The first-order valence-electron chi connectivity index (χ1n) is 5.47. The van der Waals surface area contributed by atoms with Crippen LogP contribution in [0.3, 0.4) is 0 Å². The summed E-state index contributed by atoms with van der Waals surface area (Å²) in [4.78, 5) is 4.41. The first kappa shape index (κ1) is 12.3. The molecule has 0 radical (unpaired) electrons. The third kappa shape index (κ3) is 2.92. The molecule has 2 heterocycles. The summed E-state index contributed by atoms with van der Waals surface area (Å²) in [6.07, 6.45) is 4.59. The molecule has 0 spiro atoms. The quantitative estimate of drug-likeness (QED) is 0.939. The van der Waals surface area contributed by atoms with Gasteiger partial charge < -0.3 is 5.32 Å². The van der Waals surface area contributed by atoms with E-state index in [9.17, 15) is 0 Å². The zero-order valence-electron chi connectivity index (χ0n) is 9.89. The lowest BCUT2D eigenvalue weighted by atomic mass is 10.1. The van der Waals surface area contributed by atoms with Crippen molar-refractivity contribution in [2.45, 2.75) is 12.5 Å². The van der Waals surface area contributed by atoms with Gasteiger partial charge in [0.25, 0.3) is 0 Å². The van der Waals surface area contributed by atoms with Crippen LogP contribution in [0.1, 0.15) is 17.4 Å². The second kappa shape index (κ2) is 5.42. The van der Waals surface area contributed by atoms with Gasteiger partial charge in [-0.2, -0.15) is 5.10 Å². The summed E-state index contributed by atoms with van der Waals surface area (Å²) < 4.78 is 2.84. The predicted octanol–water partition coefficient (Wildman–Crippen LogP) is 2.08. The van der Waals surface area contributed by atoms with E-state index < -0.39 is 0 Å². The molecule has 0 aromatic carbocycles. The molecular weight excluding hydrogens is 280 g/mol. The maximum absolute atomic E-state index is 4.41. The van der Waals surface area contributed by atoms with Gasteiger partial charge in [-0.25, -0.2) is 0 Å². The largest absolute Gasteiger partial charge is 0.311 e. The number of hydrogen-bond donors (Lipinski definition) is 1. The molecule has 2 rings (SSSR count). The third-order valence-corrected chi connectivity index (χ3v) is 3.32. The van der Waals surface area contributed by atoms with Crippen LogP contribution in [0.25, 0.3) is 0 Å². The summed E-state index contributed by atoms with van der Waals surface area (Å²) in [6.45, 7) is 0. The van der Waals surface area contributed by atoms with Gasteiger partial charge in [-0.05, 0) is 41.2 Å². The minimum Gasteiger partial charge on any atom is -0.311 e. The van der Waals surface area contributed by atoms with Crippen LogP contribution in [-0.2, 0) is 13.5 Å². The summed E-state index contributed by atoms with van der Waals surface area (Å²) in [5, 5.41) is 7.66. The maximum Gasteiger partial charge on any atom is 0.0718 e. The van der Waals surface area contributed by atoms with Crippen molar-refractivity contribution >= 4 is 15.9 Å². The van der Waals surface area contributed by atoms with E-state index in [2.05, 4.69) is 31.3 Å². The molecule has 0 aliphatic carbocycles. The first-order valence-corrected chi connectivity index (χ1v) is 6.26. The second-order valence-corrected chi connectivity index (χ2v) is 4.75. The minimum absolute atomic E-state index is 0.167. The topological polar surface area (TPSA) is 42.7 Å². The fourth-order valence-electron chi connectivity index (χ4n) is 1.77. The van der Waals surface area contributed by atoms with Gasteiger partial charge >= 0.3 is 0 Å². The number of aromatic nitrogens is 3. The van der Waals surface area contributed by atoms with Crippen molar-refractivity contribution in [3.63, 3.8) is 0 Å². The molecule has 0 aliphatic rings. The highest BCUT2D eigenvalue weighted by Gasteiger charge is 2.15. The van der Waals surface area contributed by atoms with Gasteiger partial charge in [0.15, 0.2) is 0 Å². The minimum atomic E-state index is 0.167. The van der Waals surface area contributed by atoms with E-state index >= 15 is 0 Å². The lowest BCUT2D eigenvalue weighted by Gasteiger charge is -2.15. The third-order valence-electron chi connectivity index (χ3n) is 2.65. The number of nitrogens with zero attached hydrogens (tertiary/aromatic N) is 3. The highest BCUT2D eigenvalue weighted by Crippen LogP contribution is 2.22. The van der Waals surface area contributed by atoms with Crippen LogP contribution in [0.15, 0.2) is 35.1 Å². The number of hydrogen-bond acceptors (Lipinski definition) is 3. The zero-order chi connectivity index (χ0) is 12.3. The van der Waals surface area contributed by atoms with Gasteiger partial charge in [-0.1, -0.05) is 0 Å². The molecule has 1 unspecified atom stereocenters. The van der Waals surface area contributed by atoms with E-state index in [-0.39, 0.29) is 6.04 Å². The second-order valence-electron chi connectivity index (χ2n) is 3.90. The molecule has 1 N–H and O–H groups in total. The van der Waals surface area contributed by atoms with E-state index in [1.807, 2.05) is 49.4 Å². The van der Waals surface area contributed by atoms with E-state index in [0.717, 1.165) is 22.3 Å². The molecule has 1 atom stereocenters. The van der Waals surface area contributed by atoms with Gasteiger partial charge in [0.05, 0.1) is 17.4 Å². The predicted molar refractivity (Wildman–Crippen MR) is 70.6 cm³/mol. The average molecular weight is 295 g/mol. The van der Waals surface area contributed by atoms with E-state index in [1.54, 1.807) is 0 Å². The molecule has 17 heavy (non-hydrogen) atoms. The molecule has 0 saturated carbocycles. The lowest BCUT2D eigenvalue weighted by molar-refractivity contribution is 0.560. The maximum atomic E-state index is 4.41. The normalized spacial score (nSPS) is 12.6. The Morgan fingerprint density at radius 3 is 2.88 bits per heavy atom. The highest BCUT2D eigenvalue weighted by atomic mass is 79.9. The SMILES string of the molecule is CNC(Cc1ccn(C)n1)c1ncccc1Br. The van der Waals surface area contributed by atoms with Crippen molar-refractivity contribution in [2.24, 2.45) is 7.05 Å². The van der Waals surface area contributed by atoms with Crippen molar-refractivity contribution in [3.05, 3.63) is 46.5 Å². The van der Waals surface area contributed by atoms with Gasteiger partial charge in [0.1, 0.15) is 0 Å². The molecule has 0 fully saturated rings. The van der Waals surface area contributed by atoms with E-state index in [4.69, 9.17) is 0 Å². The van der Waals surface area contributed by atoms with Crippen molar-refractivity contribution in [2.75, 3.05) is 7.05 Å². The fourth-order valence-corrected chi connectivity index (χ4v) is 2.30. The molecule has 0 saturated heterocycles. The highest BCUT2D eigenvalue weighted by molar-refractivity contribution is 9.10. The Hall–Kier alpha value is -1.20.